The molecule has 2 rings (SSSR count). The van der Waals surface area contributed by atoms with E-state index in [1.807, 2.05) is 36.4 Å². The third kappa shape index (κ3) is 3.80. The van der Waals surface area contributed by atoms with E-state index < -0.39 is 0 Å². The van der Waals surface area contributed by atoms with E-state index in [2.05, 4.69) is 18.9 Å². The third-order valence-corrected chi connectivity index (χ3v) is 3.21. The van der Waals surface area contributed by atoms with Gasteiger partial charge in [0.15, 0.2) is 0 Å². The second-order valence-corrected chi connectivity index (χ2v) is 4.76. The maximum absolute atomic E-state index is 9.30. The average molecular weight is 266 g/mol. The number of terminal acetylenes is 1. The van der Waals surface area contributed by atoms with Crippen LogP contribution in [0.3, 0.4) is 0 Å². The van der Waals surface area contributed by atoms with E-state index in [1.165, 1.54) is 11.1 Å². The molecule has 2 heteroatoms. The van der Waals surface area contributed by atoms with Crippen LogP contribution in [0, 0.1) is 12.3 Å². The number of hydrogen-bond acceptors (Lipinski definition) is 2. The van der Waals surface area contributed by atoms with Crippen LogP contribution in [0.25, 0.3) is 0 Å². The molecule has 1 aromatic rings. The molecule has 0 aliphatic heterocycles. The third-order valence-electron chi connectivity index (χ3n) is 3.21. The largest absolute Gasteiger partial charge is 0.508 e. The minimum Gasteiger partial charge on any atom is -0.508 e. The van der Waals surface area contributed by atoms with Gasteiger partial charge in [-0.3, -0.25) is 0 Å². The van der Waals surface area contributed by atoms with Crippen molar-refractivity contribution in [2.24, 2.45) is 0 Å². The minimum absolute atomic E-state index is 0.291. The Bertz CT molecular complexity index is 583. The molecule has 0 amide bonds. The average Bonchev–Trinajstić information content (AvgIpc) is 2.48. The molecule has 1 unspecified atom stereocenters. The molecular weight excluding hydrogens is 248 g/mol. The highest BCUT2D eigenvalue weighted by Crippen LogP contribution is 2.24. The van der Waals surface area contributed by atoms with Crippen molar-refractivity contribution in [1.82, 2.24) is 0 Å². The minimum atomic E-state index is 0.291. The summed E-state index contributed by atoms with van der Waals surface area (Å²) in [6.45, 7) is 2.44. The van der Waals surface area contributed by atoms with E-state index in [4.69, 9.17) is 11.2 Å². The fourth-order valence-electron chi connectivity index (χ4n) is 2.08. The number of allylic oxidation sites excluding steroid dienone is 5. The fraction of sp³-hybridized carbons (Fsp3) is 0.222. The maximum Gasteiger partial charge on any atom is 0.148 e. The summed E-state index contributed by atoms with van der Waals surface area (Å²) in [4.78, 5) is 0. The summed E-state index contributed by atoms with van der Waals surface area (Å²) in [5, 5.41) is 9.30. The lowest BCUT2D eigenvalue weighted by Gasteiger charge is -2.11. The van der Waals surface area contributed by atoms with Crippen molar-refractivity contribution < 1.29 is 9.84 Å². The molecule has 0 heterocycles. The highest BCUT2D eigenvalue weighted by atomic mass is 16.5. The first-order chi connectivity index (χ1) is 9.69. The van der Waals surface area contributed by atoms with Gasteiger partial charge in [0.2, 0.25) is 0 Å². The van der Waals surface area contributed by atoms with Gasteiger partial charge in [0.05, 0.1) is 0 Å². The van der Waals surface area contributed by atoms with Gasteiger partial charge in [-0.2, -0.15) is 0 Å². The van der Waals surface area contributed by atoms with Crippen molar-refractivity contribution in [2.45, 2.75) is 19.3 Å². The fourth-order valence-corrected chi connectivity index (χ4v) is 2.08. The Morgan fingerprint density at radius 1 is 1.35 bits per heavy atom. The molecule has 0 saturated heterocycles. The molecule has 1 atom stereocenters. The first-order valence-corrected chi connectivity index (χ1v) is 6.63. The van der Waals surface area contributed by atoms with Crippen molar-refractivity contribution in [2.75, 3.05) is 6.61 Å². The summed E-state index contributed by atoms with van der Waals surface area (Å²) < 4.78 is 5.35. The molecule has 0 fully saturated rings. The van der Waals surface area contributed by atoms with Crippen LogP contribution in [0.1, 0.15) is 24.8 Å². The van der Waals surface area contributed by atoms with Gasteiger partial charge in [0, 0.05) is 0 Å². The first-order valence-electron chi connectivity index (χ1n) is 6.63. The topological polar surface area (TPSA) is 29.5 Å². The maximum atomic E-state index is 9.30. The number of ether oxygens (including phenoxy) is 1. The van der Waals surface area contributed by atoms with Crippen LogP contribution in [-0.2, 0) is 0 Å². The van der Waals surface area contributed by atoms with E-state index in [-0.39, 0.29) is 0 Å². The summed E-state index contributed by atoms with van der Waals surface area (Å²) in [6.07, 6.45) is 13.6. The summed E-state index contributed by atoms with van der Waals surface area (Å²) in [7, 11) is 0. The molecule has 102 valence electrons. The molecule has 0 saturated carbocycles. The molecule has 0 spiro atoms. The lowest BCUT2D eigenvalue weighted by molar-refractivity contribution is 0.370. The summed E-state index contributed by atoms with van der Waals surface area (Å²) in [5.41, 5.74) is 2.43. The van der Waals surface area contributed by atoms with Crippen molar-refractivity contribution in [3.63, 3.8) is 0 Å². The molecule has 0 bridgehead atoms. The molecule has 1 aliphatic carbocycles. The lowest BCUT2D eigenvalue weighted by Crippen LogP contribution is -1.96. The molecule has 2 nitrogen and oxygen atoms in total. The second-order valence-electron chi connectivity index (χ2n) is 4.76. The SMILES string of the molecule is C#CCOc1ccc(C(C)C=C2C=CC(O)=CC2)cc1. The standard InChI is InChI=1S/C18H18O2/c1-3-12-20-18-10-6-16(7-11-18)14(2)13-15-4-8-17(19)9-5-15/h1,4,6-11,13-14,19H,5,12H2,2H3. The lowest BCUT2D eigenvalue weighted by atomic mass is 9.95. The van der Waals surface area contributed by atoms with Gasteiger partial charge in [-0.25, -0.2) is 0 Å². The normalized spacial score (nSPS) is 17.4. The number of rotatable bonds is 4. The van der Waals surface area contributed by atoms with E-state index in [9.17, 15) is 5.11 Å². The van der Waals surface area contributed by atoms with Crippen molar-refractivity contribution in [3.05, 3.63) is 65.5 Å². The smallest absolute Gasteiger partial charge is 0.148 e. The van der Waals surface area contributed by atoms with E-state index in [0.29, 0.717) is 18.3 Å². The molecule has 0 radical (unpaired) electrons. The van der Waals surface area contributed by atoms with Crippen LogP contribution in [0.2, 0.25) is 0 Å². The van der Waals surface area contributed by atoms with Crippen LogP contribution >= 0.6 is 0 Å². The summed E-state index contributed by atoms with van der Waals surface area (Å²) in [6, 6.07) is 7.97. The zero-order valence-corrected chi connectivity index (χ0v) is 11.5. The van der Waals surface area contributed by atoms with E-state index in [0.717, 1.165) is 12.2 Å². The predicted octanol–water partition coefficient (Wildman–Crippen LogP) is 4.13. The van der Waals surface area contributed by atoms with Gasteiger partial charge in [0.25, 0.3) is 0 Å². The van der Waals surface area contributed by atoms with Gasteiger partial charge in [0.1, 0.15) is 18.1 Å². The Morgan fingerprint density at radius 3 is 2.70 bits per heavy atom. The Labute approximate surface area is 120 Å². The molecule has 20 heavy (non-hydrogen) atoms. The molecule has 1 aliphatic rings. The zero-order chi connectivity index (χ0) is 14.4. The monoisotopic (exact) mass is 266 g/mol. The van der Waals surface area contributed by atoms with Gasteiger partial charge >= 0.3 is 0 Å². The van der Waals surface area contributed by atoms with Crippen LogP contribution in [-0.4, -0.2) is 11.7 Å². The van der Waals surface area contributed by atoms with Gasteiger partial charge < -0.3 is 9.84 Å². The second kappa shape index (κ2) is 6.68. The van der Waals surface area contributed by atoms with Gasteiger partial charge in [-0.15, -0.1) is 6.42 Å². The first kappa shape index (κ1) is 14.0. The molecule has 1 aromatic carbocycles. The van der Waals surface area contributed by atoms with Crippen LogP contribution < -0.4 is 4.74 Å². The van der Waals surface area contributed by atoms with Crippen LogP contribution in [0.5, 0.6) is 5.75 Å². The Hall–Kier alpha value is -2.40. The van der Waals surface area contributed by atoms with E-state index >= 15 is 0 Å². The van der Waals surface area contributed by atoms with Gasteiger partial charge in [-0.1, -0.05) is 37.1 Å². The van der Waals surface area contributed by atoms with E-state index in [1.54, 1.807) is 6.08 Å². The van der Waals surface area contributed by atoms with Crippen molar-refractivity contribution in [3.8, 4) is 18.1 Å². The summed E-state index contributed by atoms with van der Waals surface area (Å²) in [5.74, 6) is 3.88. The number of benzene rings is 1. The molecular formula is C18H18O2. The van der Waals surface area contributed by atoms with Gasteiger partial charge in [-0.05, 0) is 47.8 Å². The number of hydrogen-bond donors (Lipinski definition) is 1. The van der Waals surface area contributed by atoms with Crippen molar-refractivity contribution >= 4 is 0 Å². The number of aliphatic hydroxyl groups is 1. The Kier molecular flexibility index (Phi) is 4.68. The number of aliphatic hydroxyl groups excluding tert-OH is 1. The van der Waals surface area contributed by atoms with Crippen LogP contribution in [0.4, 0.5) is 0 Å². The van der Waals surface area contributed by atoms with Crippen molar-refractivity contribution in [1.29, 1.82) is 0 Å². The molecule has 0 aromatic heterocycles. The molecule has 1 N–H and O–H groups in total. The Balaban J connectivity index is 2.03. The summed E-state index contributed by atoms with van der Waals surface area (Å²) >= 11 is 0. The quantitative estimate of drug-likeness (QED) is 0.830. The highest BCUT2D eigenvalue weighted by Gasteiger charge is 2.06. The predicted molar refractivity (Wildman–Crippen MR) is 81.7 cm³/mol. The highest BCUT2D eigenvalue weighted by molar-refractivity contribution is 5.37. The zero-order valence-electron chi connectivity index (χ0n) is 11.5. The Morgan fingerprint density at radius 2 is 2.10 bits per heavy atom. The van der Waals surface area contributed by atoms with Crippen LogP contribution in [0.15, 0.2) is 59.9 Å².